The lowest BCUT2D eigenvalue weighted by Gasteiger charge is -2.38. The number of nitrogens with one attached hydrogen (secondary N) is 1. The SMILES string of the molecule is Cc1ccc(N2C(=O)c3ccccc3NC2c2ccc(S(C)(=O)=O)cc2)cc1. The molecule has 6 heteroatoms. The standard InChI is InChI=1S/C22H20N2O3S/c1-15-7-11-17(12-8-15)24-21(16-9-13-18(14-10-16)28(2,26)27)23-20-6-4-3-5-19(20)22(24)25/h3-14,21,23H,1-2H3. The molecule has 0 saturated heterocycles. The minimum absolute atomic E-state index is 0.101. The Labute approximate surface area is 164 Å². The molecule has 1 atom stereocenters. The fraction of sp³-hybridized carbons (Fsp3) is 0.136. The Balaban J connectivity index is 1.82. The van der Waals surface area contributed by atoms with Crippen molar-refractivity contribution in [2.24, 2.45) is 0 Å². The number of fused-ring (bicyclic) bond motifs is 1. The minimum atomic E-state index is -3.28. The van der Waals surface area contributed by atoms with Crippen molar-refractivity contribution in [2.45, 2.75) is 18.0 Å². The number of carbonyl (C=O) groups excluding carboxylic acids is 1. The summed E-state index contributed by atoms with van der Waals surface area (Å²) in [6.07, 6.45) is 0.734. The number of nitrogens with zero attached hydrogens (tertiary/aromatic N) is 1. The molecule has 0 aromatic heterocycles. The van der Waals surface area contributed by atoms with E-state index >= 15 is 0 Å². The largest absolute Gasteiger partial charge is 0.360 e. The van der Waals surface area contributed by atoms with Crippen LogP contribution in [0.2, 0.25) is 0 Å². The van der Waals surface area contributed by atoms with Crippen LogP contribution in [0.25, 0.3) is 0 Å². The van der Waals surface area contributed by atoms with E-state index in [9.17, 15) is 13.2 Å². The van der Waals surface area contributed by atoms with Crippen molar-refractivity contribution in [1.82, 2.24) is 0 Å². The molecule has 4 rings (SSSR count). The number of amides is 1. The van der Waals surface area contributed by atoms with Gasteiger partial charge in [-0.2, -0.15) is 0 Å². The molecule has 142 valence electrons. The molecular weight excluding hydrogens is 372 g/mol. The monoisotopic (exact) mass is 392 g/mol. The van der Waals surface area contributed by atoms with Crippen molar-refractivity contribution in [2.75, 3.05) is 16.5 Å². The number of benzene rings is 3. The van der Waals surface area contributed by atoms with Gasteiger partial charge in [-0.3, -0.25) is 9.69 Å². The van der Waals surface area contributed by atoms with Gasteiger partial charge in [-0.05, 0) is 48.9 Å². The number of hydrogen-bond acceptors (Lipinski definition) is 4. The van der Waals surface area contributed by atoms with Gasteiger partial charge in [0.05, 0.1) is 10.5 Å². The van der Waals surface area contributed by atoms with Crippen molar-refractivity contribution in [1.29, 1.82) is 0 Å². The van der Waals surface area contributed by atoms with Gasteiger partial charge in [-0.25, -0.2) is 8.42 Å². The highest BCUT2D eigenvalue weighted by atomic mass is 32.2. The average Bonchev–Trinajstić information content (AvgIpc) is 2.68. The van der Waals surface area contributed by atoms with Crippen molar-refractivity contribution in [3.63, 3.8) is 0 Å². The summed E-state index contributed by atoms with van der Waals surface area (Å²) < 4.78 is 23.5. The lowest BCUT2D eigenvalue weighted by molar-refractivity contribution is 0.0975. The summed E-state index contributed by atoms with van der Waals surface area (Å²) in [6.45, 7) is 2.00. The van der Waals surface area contributed by atoms with Crippen LogP contribution in [0.1, 0.15) is 27.7 Å². The van der Waals surface area contributed by atoms with Crippen LogP contribution in [0.15, 0.2) is 77.7 Å². The van der Waals surface area contributed by atoms with Crippen LogP contribution in [0.5, 0.6) is 0 Å². The number of rotatable bonds is 3. The van der Waals surface area contributed by atoms with Crippen LogP contribution in [0, 0.1) is 6.92 Å². The van der Waals surface area contributed by atoms with E-state index in [0.717, 1.165) is 22.5 Å². The maximum atomic E-state index is 13.3. The average molecular weight is 392 g/mol. The first-order valence-corrected chi connectivity index (χ1v) is 10.8. The Kier molecular flexibility index (Phi) is 4.43. The van der Waals surface area contributed by atoms with E-state index < -0.39 is 16.0 Å². The molecule has 1 heterocycles. The zero-order chi connectivity index (χ0) is 19.9. The van der Waals surface area contributed by atoms with Gasteiger partial charge >= 0.3 is 0 Å². The van der Waals surface area contributed by atoms with E-state index in [0.29, 0.717) is 5.56 Å². The number of carbonyl (C=O) groups is 1. The van der Waals surface area contributed by atoms with Crippen LogP contribution in [0.4, 0.5) is 11.4 Å². The predicted octanol–water partition coefficient (Wildman–Crippen LogP) is 4.17. The number of sulfone groups is 1. The van der Waals surface area contributed by atoms with E-state index in [-0.39, 0.29) is 10.8 Å². The Morgan fingerprint density at radius 2 is 1.54 bits per heavy atom. The zero-order valence-corrected chi connectivity index (χ0v) is 16.4. The minimum Gasteiger partial charge on any atom is -0.360 e. The molecule has 1 amide bonds. The molecule has 0 fully saturated rings. The molecule has 0 spiro atoms. The van der Waals surface area contributed by atoms with Crippen molar-refractivity contribution in [3.05, 3.63) is 89.5 Å². The third-order valence-corrected chi connectivity index (χ3v) is 5.99. The second kappa shape index (κ2) is 6.80. The van der Waals surface area contributed by atoms with Gasteiger partial charge in [0.2, 0.25) is 0 Å². The lowest BCUT2D eigenvalue weighted by atomic mass is 10.0. The van der Waals surface area contributed by atoms with Crippen LogP contribution in [-0.2, 0) is 9.84 Å². The molecule has 0 bridgehead atoms. The molecule has 1 N–H and O–H groups in total. The second-order valence-electron chi connectivity index (χ2n) is 6.94. The fourth-order valence-corrected chi connectivity index (χ4v) is 3.99. The van der Waals surface area contributed by atoms with Gasteiger partial charge in [-0.15, -0.1) is 0 Å². The van der Waals surface area contributed by atoms with Gasteiger partial charge in [0.1, 0.15) is 6.17 Å². The molecule has 5 nitrogen and oxygen atoms in total. The van der Waals surface area contributed by atoms with E-state index in [1.165, 1.54) is 6.26 Å². The Bertz CT molecular complexity index is 1140. The van der Waals surface area contributed by atoms with Crippen molar-refractivity contribution >= 4 is 27.1 Å². The van der Waals surface area contributed by atoms with E-state index in [1.54, 1.807) is 35.2 Å². The molecule has 1 aliphatic rings. The molecule has 28 heavy (non-hydrogen) atoms. The summed E-state index contributed by atoms with van der Waals surface area (Å²) in [4.78, 5) is 15.3. The van der Waals surface area contributed by atoms with Gasteiger partial charge in [0.15, 0.2) is 9.84 Å². The van der Waals surface area contributed by atoms with Crippen LogP contribution >= 0.6 is 0 Å². The number of hydrogen-bond donors (Lipinski definition) is 1. The number of aryl methyl sites for hydroxylation is 1. The first-order chi connectivity index (χ1) is 13.3. The van der Waals surface area contributed by atoms with Crippen LogP contribution in [0.3, 0.4) is 0 Å². The first-order valence-electron chi connectivity index (χ1n) is 8.90. The van der Waals surface area contributed by atoms with Crippen LogP contribution < -0.4 is 10.2 Å². The zero-order valence-electron chi connectivity index (χ0n) is 15.6. The highest BCUT2D eigenvalue weighted by Gasteiger charge is 2.34. The van der Waals surface area contributed by atoms with E-state index in [4.69, 9.17) is 0 Å². The van der Waals surface area contributed by atoms with Crippen LogP contribution in [-0.4, -0.2) is 20.6 Å². The molecule has 0 saturated carbocycles. The summed E-state index contributed by atoms with van der Waals surface area (Å²) in [6, 6.07) is 21.8. The van der Waals surface area contributed by atoms with Gasteiger partial charge < -0.3 is 5.32 Å². The molecule has 3 aromatic carbocycles. The van der Waals surface area contributed by atoms with E-state index in [2.05, 4.69) is 5.32 Å². The predicted molar refractivity (Wildman–Crippen MR) is 110 cm³/mol. The normalized spacial score (nSPS) is 16.4. The quantitative estimate of drug-likeness (QED) is 0.726. The maximum Gasteiger partial charge on any atom is 0.262 e. The first kappa shape index (κ1) is 18.3. The Hall–Kier alpha value is -3.12. The topological polar surface area (TPSA) is 66.5 Å². The summed E-state index contributed by atoms with van der Waals surface area (Å²) >= 11 is 0. The van der Waals surface area contributed by atoms with Gasteiger partial charge in [0.25, 0.3) is 5.91 Å². The number of para-hydroxylation sites is 1. The molecule has 0 aliphatic carbocycles. The Morgan fingerprint density at radius 3 is 2.18 bits per heavy atom. The smallest absolute Gasteiger partial charge is 0.262 e. The summed E-state index contributed by atoms with van der Waals surface area (Å²) in [5.74, 6) is -0.101. The van der Waals surface area contributed by atoms with Gasteiger partial charge in [-0.1, -0.05) is 42.0 Å². The van der Waals surface area contributed by atoms with E-state index in [1.807, 2.05) is 49.4 Å². The molecule has 0 radical (unpaired) electrons. The van der Waals surface area contributed by atoms with Gasteiger partial charge in [0, 0.05) is 17.6 Å². The third-order valence-electron chi connectivity index (χ3n) is 4.86. The third kappa shape index (κ3) is 3.27. The summed E-state index contributed by atoms with van der Waals surface area (Å²) in [7, 11) is -3.28. The van der Waals surface area contributed by atoms with Crippen molar-refractivity contribution < 1.29 is 13.2 Å². The Morgan fingerprint density at radius 1 is 0.893 bits per heavy atom. The summed E-state index contributed by atoms with van der Waals surface area (Å²) in [5.41, 5.74) is 4.04. The lowest BCUT2D eigenvalue weighted by Crippen LogP contribution is -2.43. The highest BCUT2D eigenvalue weighted by Crippen LogP contribution is 2.36. The molecule has 1 aliphatic heterocycles. The number of anilines is 2. The summed E-state index contributed by atoms with van der Waals surface area (Å²) in [5, 5.41) is 3.42. The second-order valence-corrected chi connectivity index (χ2v) is 8.96. The molecular formula is C22H20N2O3S. The molecule has 3 aromatic rings. The molecule has 1 unspecified atom stereocenters. The highest BCUT2D eigenvalue weighted by molar-refractivity contribution is 7.90. The maximum absolute atomic E-state index is 13.3. The van der Waals surface area contributed by atoms with Crippen molar-refractivity contribution in [3.8, 4) is 0 Å². The fourth-order valence-electron chi connectivity index (χ4n) is 3.36.